The molecule has 3 aromatic rings. The Morgan fingerprint density at radius 2 is 1.59 bits per heavy atom. The fourth-order valence-electron chi connectivity index (χ4n) is 3.85. The van der Waals surface area contributed by atoms with Gasteiger partial charge in [0.2, 0.25) is 0 Å². The van der Waals surface area contributed by atoms with E-state index in [1.807, 2.05) is 49.4 Å². The highest BCUT2D eigenvalue weighted by Crippen LogP contribution is 2.31. The molecule has 7 heteroatoms. The van der Waals surface area contributed by atoms with Crippen LogP contribution >= 0.6 is 0 Å². The van der Waals surface area contributed by atoms with Crippen LogP contribution in [0.15, 0.2) is 72.8 Å². The first-order valence-electron chi connectivity index (χ1n) is 11.0. The first-order chi connectivity index (χ1) is 16.4. The Bertz CT molecular complexity index is 1250. The minimum absolute atomic E-state index is 0.0919. The van der Waals surface area contributed by atoms with Gasteiger partial charge in [0, 0.05) is 5.69 Å². The van der Waals surface area contributed by atoms with Crippen LogP contribution in [-0.4, -0.2) is 35.2 Å². The lowest BCUT2D eigenvalue weighted by Gasteiger charge is -2.22. The fourth-order valence-corrected chi connectivity index (χ4v) is 3.85. The van der Waals surface area contributed by atoms with Crippen molar-refractivity contribution in [3.63, 3.8) is 0 Å². The van der Waals surface area contributed by atoms with Crippen molar-refractivity contribution in [1.29, 1.82) is 0 Å². The number of amides is 3. The van der Waals surface area contributed by atoms with Crippen LogP contribution in [0.1, 0.15) is 62.1 Å². The van der Waals surface area contributed by atoms with Gasteiger partial charge in [-0.15, -0.1) is 0 Å². The van der Waals surface area contributed by atoms with Crippen molar-refractivity contribution >= 4 is 29.4 Å². The van der Waals surface area contributed by atoms with E-state index in [4.69, 9.17) is 4.74 Å². The van der Waals surface area contributed by atoms with Crippen molar-refractivity contribution in [2.75, 3.05) is 11.9 Å². The number of esters is 1. The molecular formula is C27H24N2O5. The summed E-state index contributed by atoms with van der Waals surface area (Å²) in [5, 5.41) is 2.67. The lowest BCUT2D eigenvalue weighted by atomic mass is 10.1. The number of aryl methyl sites for hydroxylation is 1. The van der Waals surface area contributed by atoms with E-state index in [9.17, 15) is 19.2 Å². The summed E-state index contributed by atoms with van der Waals surface area (Å²) in [6.45, 7) is 3.34. The molecule has 1 heterocycles. The number of nitrogens with one attached hydrogen (secondary N) is 1. The van der Waals surface area contributed by atoms with E-state index in [1.165, 1.54) is 23.1 Å². The molecule has 4 rings (SSSR count). The number of fused-ring (bicyclic) bond motifs is 1. The summed E-state index contributed by atoms with van der Waals surface area (Å²) < 4.78 is 5.11. The first kappa shape index (κ1) is 22.9. The molecule has 3 aromatic carbocycles. The van der Waals surface area contributed by atoms with Gasteiger partial charge in [-0.3, -0.25) is 19.3 Å². The van der Waals surface area contributed by atoms with Gasteiger partial charge in [0.15, 0.2) is 6.61 Å². The zero-order valence-corrected chi connectivity index (χ0v) is 18.9. The van der Waals surface area contributed by atoms with Crippen LogP contribution in [0.5, 0.6) is 0 Å². The number of benzene rings is 3. The molecule has 3 amide bonds. The van der Waals surface area contributed by atoms with E-state index in [2.05, 4.69) is 5.32 Å². The van der Waals surface area contributed by atoms with Gasteiger partial charge in [0.25, 0.3) is 17.7 Å². The normalized spacial score (nSPS) is 13.4. The molecule has 1 N–H and O–H groups in total. The second-order valence-corrected chi connectivity index (χ2v) is 8.00. The van der Waals surface area contributed by atoms with Crippen molar-refractivity contribution in [3.8, 4) is 0 Å². The first-order valence-corrected chi connectivity index (χ1v) is 11.0. The second-order valence-electron chi connectivity index (χ2n) is 8.00. The Labute approximate surface area is 197 Å². The Morgan fingerprint density at radius 3 is 2.26 bits per heavy atom. The fraction of sp³-hybridized carbons (Fsp3) is 0.185. The molecule has 7 nitrogen and oxygen atoms in total. The zero-order chi connectivity index (χ0) is 24.2. The molecule has 0 saturated heterocycles. The molecule has 0 spiro atoms. The van der Waals surface area contributed by atoms with Crippen molar-refractivity contribution in [2.45, 2.75) is 26.3 Å². The van der Waals surface area contributed by atoms with Crippen LogP contribution in [0, 0.1) is 0 Å². The van der Waals surface area contributed by atoms with Gasteiger partial charge in [-0.05, 0) is 54.8 Å². The molecule has 172 valence electrons. The summed E-state index contributed by atoms with van der Waals surface area (Å²) in [4.78, 5) is 51.7. The van der Waals surface area contributed by atoms with Gasteiger partial charge in [-0.25, -0.2) is 4.79 Å². The third-order valence-corrected chi connectivity index (χ3v) is 5.80. The molecule has 1 atom stereocenters. The lowest BCUT2D eigenvalue weighted by Crippen LogP contribution is -2.32. The number of nitrogens with zero attached hydrogens (tertiary/aromatic N) is 1. The van der Waals surface area contributed by atoms with Gasteiger partial charge in [-0.1, -0.05) is 49.4 Å². The van der Waals surface area contributed by atoms with Crippen molar-refractivity contribution < 1.29 is 23.9 Å². The molecular weight excluding hydrogens is 432 g/mol. The molecule has 0 saturated carbocycles. The summed E-state index contributed by atoms with van der Waals surface area (Å²) in [6, 6.07) is 20.4. The van der Waals surface area contributed by atoms with Crippen molar-refractivity contribution in [2.24, 2.45) is 0 Å². The van der Waals surface area contributed by atoms with Gasteiger partial charge in [0.05, 0.1) is 22.7 Å². The average Bonchev–Trinajstić information content (AvgIpc) is 3.12. The van der Waals surface area contributed by atoms with E-state index < -0.39 is 36.3 Å². The topological polar surface area (TPSA) is 92.8 Å². The Hall–Kier alpha value is -4.26. The minimum Gasteiger partial charge on any atom is -0.452 e. The summed E-state index contributed by atoms with van der Waals surface area (Å²) in [6.07, 6.45) is 0.893. The van der Waals surface area contributed by atoms with Crippen molar-refractivity contribution in [1.82, 2.24) is 4.90 Å². The molecule has 0 fully saturated rings. The van der Waals surface area contributed by atoms with Crippen LogP contribution in [0.3, 0.4) is 0 Å². The van der Waals surface area contributed by atoms with Crippen LogP contribution in [0.4, 0.5) is 5.69 Å². The van der Waals surface area contributed by atoms with Crippen molar-refractivity contribution in [3.05, 3.63) is 101 Å². The standard InChI is InChI=1S/C27H24N2O5/c1-3-18-9-12-21(13-10-18)28-24(30)16-34-27(33)20-11-14-22-23(15-20)26(32)29(25(22)31)17(2)19-7-5-4-6-8-19/h4-15,17H,3,16H2,1-2H3,(H,28,30)/t17-/m0/s1. The van der Waals surface area contributed by atoms with E-state index >= 15 is 0 Å². The van der Waals surface area contributed by atoms with Gasteiger partial charge < -0.3 is 10.1 Å². The average molecular weight is 456 g/mol. The number of anilines is 1. The lowest BCUT2D eigenvalue weighted by molar-refractivity contribution is -0.119. The summed E-state index contributed by atoms with van der Waals surface area (Å²) in [7, 11) is 0. The predicted molar refractivity (Wildman–Crippen MR) is 127 cm³/mol. The van der Waals surface area contributed by atoms with Crippen LogP contribution in [-0.2, 0) is 16.0 Å². The molecule has 34 heavy (non-hydrogen) atoms. The number of carbonyl (C=O) groups excluding carboxylic acids is 4. The van der Waals surface area contributed by atoms with E-state index in [0.29, 0.717) is 5.69 Å². The summed E-state index contributed by atoms with van der Waals surface area (Å²) >= 11 is 0. The Morgan fingerprint density at radius 1 is 0.912 bits per heavy atom. The number of carbonyl (C=O) groups is 4. The Balaban J connectivity index is 1.41. The zero-order valence-electron chi connectivity index (χ0n) is 18.9. The van der Waals surface area contributed by atoms with Crippen LogP contribution < -0.4 is 5.32 Å². The molecule has 0 bridgehead atoms. The highest BCUT2D eigenvalue weighted by atomic mass is 16.5. The highest BCUT2D eigenvalue weighted by molar-refractivity contribution is 6.22. The van der Waals surface area contributed by atoms with Crippen LogP contribution in [0.2, 0.25) is 0 Å². The van der Waals surface area contributed by atoms with Gasteiger partial charge in [-0.2, -0.15) is 0 Å². The summed E-state index contributed by atoms with van der Waals surface area (Å²) in [5.41, 5.74) is 3.04. The maximum atomic E-state index is 13.0. The molecule has 0 aliphatic carbocycles. The number of ether oxygens (including phenoxy) is 1. The number of imide groups is 1. The second kappa shape index (κ2) is 9.70. The number of hydrogen-bond donors (Lipinski definition) is 1. The van der Waals surface area contributed by atoms with Gasteiger partial charge in [0.1, 0.15) is 0 Å². The van der Waals surface area contributed by atoms with E-state index in [1.54, 1.807) is 19.1 Å². The summed E-state index contributed by atoms with van der Waals surface area (Å²) in [5.74, 6) is -2.12. The maximum absolute atomic E-state index is 13.0. The smallest absolute Gasteiger partial charge is 0.338 e. The number of hydrogen-bond acceptors (Lipinski definition) is 5. The maximum Gasteiger partial charge on any atom is 0.338 e. The predicted octanol–water partition coefficient (Wildman–Crippen LogP) is 4.40. The van der Waals surface area contributed by atoms with Crippen LogP contribution in [0.25, 0.3) is 0 Å². The molecule has 0 unspecified atom stereocenters. The highest BCUT2D eigenvalue weighted by Gasteiger charge is 2.39. The SMILES string of the molecule is CCc1ccc(NC(=O)COC(=O)c2ccc3c(c2)C(=O)N([C@@H](C)c2ccccc2)C3=O)cc1. The minimum atomic E-state index is -0.755. The molecule has 1 aliphatic heterocycles. The third kappa shape index (κ3) is 4.59. The molecule has 1 aliphatic rings. The third-order valence-electron chi connectivity index (χ3n) is 5.80. The quantitative estimate of drug-likeness (QED) is 0.420. The van der Waals surface area contributed by atoms with Gasteiger partial charge >= 0.3 is 5.97 Å². The van der Waals surface area contributed by atoms with E-state index in [0.717, 1.165) is 17.5 Å². The molecule has 0 aromatic heterocycles. The Kier molecular flexibility index (Phi) is 6.54. The number of rotatable bonds is 7. The monoisotopic (exact) mass is 456 g/mol. The largest absolute Gasteiger partial charge is 0.452 e. The van der Waals surface area contributed by atoms with E-state index in [-0.39, 0.29) is 16.7 Å². The molecule has 0 radical (unpaired) electrons.